The number of nitrogens with zero attached hydrogens (tertiary/aromatic N) is 2. The Morgan fingerprint density at radius 1 is 1.22 bits per heavy atom. The lowest BCUT2D eigenvalue weighted by molar-refractivity contribution is -0.384. The number of anilines is 1. The summed E-state index contributed by atoms with van der Waals surface area (Å²) in [4.78, 5) is 22.6. The summed E-state index contributed by atoms with van der Waals surface area (Å²) in [6.45, 7) is 0.0245. The molecular formula is C18H17N3O6. The van der Waals surface area contributed by atoms with Crippen LogP contribution in [0.1, 0.15) is 15.9 Å². The number of hydrogen-bond acceptors (Lipinski definition) is 8. The number of esters is 1. The fraction of sp³-hybridized carbons (Fsp3) is 0.222. The summed E-state index contributed by atoms with van der Waals surface area (Å²) in [7, 11) is 0. The van der Waals surface area contributed by atoms with Crippen LogP contribution >= 0.6 is 0 Å². The van der Waals surface area contributed by atoms with Crippen LogP contribution in [0.3, 0.4) is 0 Å². The molecule has 0 aliphatic rings. The number of hydrogen-bond donors (Lipinski definition) is 2. The van der Waals surface area contributed by atoms with Gasteiger partial charge in [0.15, 0.2) is 0 Å². The predicted octanol–water partition coefficient (Wildman–Crippen LogP) is 2.11. The molecule has 2 N–H and O–H groups in total. The molecule has 0 fully saturated rings. The van der Waals surface area contributed by atoms with Gasteiger partial charge in [0, 0.05) is 24.4 Å². The third kappa shape index (κ3) is 5.69. The fourth-order valence-corrected chi connectivity index (χ4v) is 2.16. The van der Waals surface area contributed by atoms with Crippen molar-refractivity contribution in [3.05, 3.63) is 63.7 Å². The molecule has 0 aromatic heterocycles. The first kappa shape index (κ1) is 19.7. The van der Waals surface area contributed by atoms with Gasteiger partial charge in [0.25, 0.3) is 5.69 Å². The van der Waals surface area contributed by atoms with E-state index in [1.54, 1.807) is 24.3 Å². The van der Waals surface area contributed by atoms with Gasteiger partial charge in [-0.15, -0.1) is 0 Å². The molecule has 27 heavy (non-hydrogen) atoms. The highest BCUT2D eigenvalue weighted by atomic mass is 16.6. The van der Waals surface area contributed by atoms with Crippen molar-refractivity contribution in [3.63, 3.8) is 0 Å². The molecule has 140 valence electrons. The van der Waals surface area contributed by atoms with Crippen molar-refractivity contribution in [2.24, 2.45) is 0 Å². The van der Waals surface area contributed by atoms with E-state index in [2.05, 4.69) is 5.32 Å². The highest BCUT2D eigenvalue weighted by molar-refractivity contribution is 5.96. The largest absolute Gasteiger partial charge is 0.490 e. The molecule has 0 atom stereocenters. The van der Waals surface area contributed by atoms with Crippen molar-refractivity contribution < 1.29 is 24.3 Å². The van der Waals surface area contributed by atoms with Gasteiger partial charge in [-0.25, -0.2) is 4.79 Å². The van der Waals surface area contributed by atoms with Crippen LogP contribution in [0.15, 0.2) is 42.5 Å². The maximum atomic E-state index is 12.3. The molecule has 0 heterocycles. The zero-order valence-corrected chi connectivity index (χ0v) is 14.3. The minimum absolute atomic E-state index is 0.00368. The summed E-state index contributed by atoms with van der Waals surface area (Å²) in [5.74, 6) is -0.228. The molecule has 9 nitrogen and oxygen atoms in total. The minimum atomic E-state index is -0.748. The van der Waals surface area contributed by atoms with E-state index in [-0.39, 0.29) is 37.6 Å². The zero-order chi connectivity index (χ0) is 19.6. The van der Waals surface area contributed by atoms with Crippen molar-refractivity contribution in [3.8, 4) is 11.8 Å². The van der Waals surface area contributed by atoms with E-state index in [0.29, 0.717) is 17.0 Å². The first-order chi connectivity index (χ1) is 13.0. The average molecular weight is 371 g/mol. The maximum Gasteiger partial charge on any atom is 0.340 e. The molecule has 2 aromatic carbocycles. The topological polar surface area (TPSA) is 135 Å². The summed E-state index contributed by atoms with van der Waals surface area (Å²) in [5, 5.41) is 31.3. The number of nitro benzene ring substituents is 1. The monoisotopic (exact) mass is 371 g/mol. The van der Waals surface area contributed by atoms with Gasteiger partial charge < -0.3 is 19.9 Å². The molecule has 2 aromatic rings. The first-order valence-electron chi connectivity index (χ1n) is 7.98. The van der Waals surface area contributed by atoms with Crippen molar-refractivity contribution in [1.82, 2.24) is 0 Å². The summed E-state index contributed by atoms with van der Waals surface area (Å²) >= 11 is 0. The second-order valence-electron chi connectivity index (χ2n) is 5.26. The van der Waals surface area contributed by atoms with Gasteiger partial charge in [0.1, 0.15) is 19.0 Å². The number of benzene rings is 2. The first-order valence-corrected chi connectivity index (χ1v) is 7.98. The maximum absolute atomic E-state index is 12.3. The Hall–Kier alpha value is -3.64. The highest BCUT2D eigenvalue weighted by Gasteiger charge is 2.18. The van der Waals surface area contributed by atoms with Crippen molar-refractivity contribution in [2.45, 2.75) is 0 Å². The molecule has 0 unspecified atom stereocenters. The quantitative estimate of drug-likeness (QED) is 0.296. The Bertz CT molecular complexity index is 845. The second kappa shape index (κ2) is 9.74. The standard InChI is InChI=1S/C18H17N3O6/c19-12-13-1-4-15(5-2-13)26-9-10-27-18(23)16-11-14(21(24)25)3-6-17(16)20-7-8-22/h1-6,11,20,22H,7-10H2. The van der Waals surface area contributed by atoms with Crippen LogP contribution in [-0.4, -0.2) is 42.4 Å². The van der Waals surface area contributed by atoms with E-state index in [1.807, 2.05) is 6.07 Å². The number of non-ortho nitro benzene ring substituents is 1. The van der Waals surface area contributed by atoms with E-state index in [1.165, 1.54) is 12.1 Å². The Morgan fingerprint density at radius 3 is 2.59 bits per heavy atom. The number of nitrogens with one attached hydrogen (secondary N) is 1. The SMILES string of the molecule is N#Cc1ccc(OCCOC(=O)c2cc([N+](=O)[O-])ccc2NCCO)cc1. The van der Waals surface area contributed by atoms with Gasteiger partial charge in [-0.3, -0.25) is 10.1 Å². The Balaban J connectivity index is 1.96. The van der Waals surface area contributed by atoms with Crippen LogP contribution < -0.4 is 10.1 Å². The van der Waals surface area contributed by atoms with E-state index in [4.69, 9.17) is 19.8 Å². The van der Waals surface area contributed by atoms with Crippen molar-refractivity contribution >= 4 is 17.3 Å². The summed E-state index contributed by atoms with van der Waals surface area (Å²) < 4.78 is 10.5. The normalized spacial score (nSPS) is 9.93. The Morgan fingerprint density at radius 2 is 1.96 bits per heavy atom. The van der Waals surface area contributed by atoms with Crippen LogP contribution in [0, 0.1) is 21.4 Å². The Labute approximate surface area is 154 Å². The predicted molar refractivity (Wildman–Crippen MR) is 95.6 cm³/mol. The molecule has 9 heteroatoms. The molecule has 0 radical (unpaired) electrons. The number of rotatable bonds is 9. The summed E-state index contributed by atoms with van der Waals surface area (Å²) in [5.41, 5.74) is 0.580. The average Bonchev–Trinajstić information content (AvgIpc) is 2.69. The van der Waals surface area contributed by atoms with Crippen LogP contribution in [0.5, 0.6) is 5.75 Å². The zero-order valence-electron chi connectivity index (χ0n) is 14.3. The number of carbonyl (C=O) groups excluding carboxylic acids is 1. The van der Waals surface area contributed by atoms with Gasteiger partial charge in [-0.1, -0.05) is 0 Å². The molecule has 0 aliphatic heterocycles. The third-order valence-corrected chi connectivity index (χ3v) is 3.43. The van der Waals surface area contributed by atoms with Crippen LogP contribution in [-0.2, 0) is 4.74 Å². The lowest BCUT2D eigenvalue weighted by Crippen LogP contribution is -2.15. The molecule has 0 spiro atoms. The van der Waals surface area contributed by atoms with E-state index < -0.39 is 10.9 Å². The molecule has 2 rings (SSSR count). The highest BCUT2D eigenvalue weighted by Crippen LogP contribution is 2.23. The lowest BCUT2D eigenvalue weighted by atomic mass is 10.1. The van der Waals surface area contributed by atoms with Gasteiger partial charge in [0.05, 0.1) is 28.7 Å². The van der Waals surface area contributed by atoms with E-state index >= 15 is 0 Å². The molecule has 0 aliphatic carbocycles. The molecule has 0 saturated heterocycles. The lowest BCUT2D eigenvalue weighted by Gasteiger charge is -2.11. The fourth-order valence-electron chi connectivity index (χ4n) is 2.16. The Kier molecular flexibility index (Phi) is 7.10. The van der Waals surface area contributed by atoms with Crippen LogP contribution in [0.25, 0.3) is 0 Å². The van der Waals surface area contributed by atoms with E-state index in [0.717, 1.165) is 6.07 Å². The smallest absolute Gasteiger partial charge is 0.340 e. The van der Waals surface area contributed by atoms with Crippen LogP contribution in [0.2, 0.25) is 0 Å². The van der Waals surface area contributed by atoms with E-state index in [9.17, 15) is 14.9 Å². The number of nitriles is 1. The second-order valence-corrected chi connectivity index (χ2v) is 5.26. The summed E-state index contributed by atoms with van der Waals surface area (Å²) in [6, 6.07) is 12.2. The van der Waals surface area contributed by atoms with Gasteiger partial charge in [0.2, 0.25) is 0 Å². The molecule has 0 amide bonds. The van der Waals surface area contributed by atoms with Gasteiger partial charge in [-0.2, -0.15) is 5.26 Å². The number of carbonyl (C=O) groups is 1. The third-order valence-electron chi connectivity index (χ3n) is 3.43. The van der Waals surface area contributed by atoms with Gasteiger partial charge >= 0.3 is 5.97 Å². The number of aliphatic hydroxyl groups excluding tert-OH is 1. The van der Waals surface area contributed by atoms with Gasteiger partial charge in [-0.05, 0) is 30.3 Å². The van der Waals surface area contributed by atoms with Crippen molar-refractivity contribution in [1.29, 1.82) is 5.26 Å². The molecule has 0 bridgehead atoms. The van der Waals surface area contributed by atoms with Crippen molar-refractivity contribution in [2.75, 3.05) is 31.7 Å². The molecule has 0 saturated carbocycles. The summed E-state index contributed by atoms with van der Waals surface area (Å²) in [6.07, 6.45) is 0. The minimum Gasteiger partial charge on any atom is -0.490 e. The number of ether oxygens (including phenoxy) is 2. The molecular weight excluding hydrogens is 354 g/mol. The number of nitro groups is 1. The van der Waals surface area contributed by atoms with Crippen LogP contribution in [0.4, 0.5) is 11.4 Å². The number of aliphatic hydroxyl groups is 1.